The minimum Gasteiger partial charge on any atom is -0.550 e. The van der Waals surface area contributed by atoms with Crippen molar-refractivity contribution in [3.63, 3.8) is 0 Å². The fraction of sp³-hybridized carbons (Fsp3) is 0.846. The van der Waals surface area contributed by atoms with Gasteiger partial charge in [-0.2, -0.15) is 0 Å². The molecule has 16 heteroatoms. The highest BCUT2D eigenvalue weighted by Crippen LogP contribution is 2.46. The summed E-state index contributed by atoms with van der Waals surface area (Å²) < 4.78 is 25.0. The lowest BCUT2D eigenvalue weighted by atomic mass is 9.67. The Kier molecular flexibility index (Phi) is 17.2. The molecule has 0 radical (unpaired) electrons. The van der Waals surface area contributed by atoms with E-state index in [1.165, 1.54) is 13.8 Å². The number of carbonyl (C=O) groups excluding carboxylic acids is 4. The smallest absolute Gasteiger partial charge is 0.429 e. The van der Waals surface area contributed by atoms with E-state index in [2.05, 4.69) is 12.4 Å². The Balaban J connectivity index is -0.000000643. The fourth-order valence-corrected chi connectivity index (χ4v) is 5.22. The number of nitrogens with two attached hydrogens (primary N) is 1. The molecule has 0 saturated carbocycles. The second-order valence-electron chi connectivity index (χ2n) is 12.0. The molecule has 1 saturated heterocycles. The van der Waals surface area contributed by atoms with Crippen molar-refractivity contribution < 1.29 is 59.2 Å². The molecule has 0 aliphatic carbocycles. The van der Waals surface area contributed by atoms with Crippen LogP contribution in [0, 0.1) is 21.7 Å². The number of cyclic esters (lactones) is 2. The third-order valence-electron chi connectivity index (χ3n) is 7.74. The molecule has 1 rings (SSSR count). The van der Waals surface area contributed by atoms with E-state index in [1.807, 2.05) is 27.7 Å². The van der Waals surface area contributed by atoms with E-state index in [0.29, 0.717) is 19.3 Å². The van der Waals surface area contributed by atoms with Gasteiger partial charge in [0.05, 0.1) is 10.8 Å². The van der Waals surface area contributed by atoms with Crippen LogP contribution in [0.4, 0.5) is 0 Å². The molecule has 14 nitrogen and oxygen atoms in total. The van der Waals surface area contributed by atoms with Gasteiger partial charge in [-0.25, -0.2) is 14.6 Å². The van der Waals surface area contributed by atoms with Crippen molar-refractivity contribution >= 4 is 39.3 Å². The van der Waals surface area contributed by atoms with E-state index in [4.69, 9.17) is 28.9 Å². The van der Waals surface area contributed by atoms with Crippen LogP contribution in [0.3, 0.4) is 0 Å². The van der Waals surface area contributed by atoms with Gasteiger partial charge in [-0.3, -0.25) is 19.5 Å². The van der Waals surface area contributed by atoms with E-state index >= 15 is 0 Å². The van der Waals surface area contributed by atoms with E-state index in [0.717, 1.165) is 32.1 Å². The molecule has 0 bridgehead atoms. The molecule has 4 atom stereocenters. The highest BCUT2D eigenvalue weighted by atomic mass is 31.2. The normalized spacial score (nSPS) is 23.5. The first-order valence-corrected chi connectivity index (χ1v) is 17.3. The van der Waals surface area contributed by atoms with Crippen molar-refractivity contribution in [2.24, 2.45) is 27.2 Å². The Morgan fingerprint density at radius 2 is 1.43 bits per heavy atom. The quantitative estimate of drug-likeness (QED) is 0.0953. The van der Waals surface area contributed by atoms with Gasteiger partial charge in [0.15, 0.2) is 0 Å². The Labute approximate surface area is 250 Å². The summed E-state index contributed by atoms with van der Waals surface area (Å²) in [7, 11) is -8.85. The van der Waals surface area contributed by atoms with Gasteiger partial charge in [-0.1, -0.05) is 67.2 Å². The molecule has 0 aromatic heterocycles. The number of ether oxygens (including phenoxy) is 1. The van der Waals surface area contributed by atoms with E-state index in [-0.39, 0.29) is 26.2 Å². The number of nitrogens with one attached hydrogen (secondary N) is 1. The maximum Gasteiger partial charge on any atom is 0.429 e. The monoisotopic (exact) mass is 648 g/mol. The maximum absolute atomic E-state index is 12.2. The van der Waals surface area contributed by atoms with Gasteiger partial charge in [0.25, 0.3) is 0 Å². The summed E-state index contributed by atoms with van der Waals surface area (Å²) in [5.41, 5.74) is 0.648. The molecule has 4 unspecified atom stereocenters. The summed E-state index contributed by atoms with van der Waals surface area (Å²) >= 11 is 0. The van der Waals surface area contributed by atoms with Gasteiger partial charge in [0.1, 0.15) is 0 Å². The molecule has 1 fully saturated rings. The summed E-state index contributed by atoms with van der Waals surface area (Å²) in [4.78, 5) is 79.6. The SMILES string of the molecule is CCCCC(C)(CC(C)(CC)C(=O)[O-])C(=O)NP(=O)(O)O.CCCCC1(C)CC(C)(CC)C(=O)OC1=O.NP(=O)(O)O.[2HH]. The van der Waals surface area contributed by atoms with Crippen LogP contribution >= 0.6 is 15.5 Å². The molecular formula is C26H53N2O12P2-. The molecular weight excluding hydrogens is 594 g/mol. The lowest BCUT2D eigenvalue weighted by Gasteiger charge is -2.40. The fourth-order valence-electron chi connectivity index (χ4n) is 4.68. The number of carboxylic acids is 1. The van der Waals surface area contributed by atoms with Crippen LogP contribution in [0.15, 0.2) is 0 Å². The number of rotatable bonds is 13. The van der Waals surface area contributed by atoms with Crippen molar-refractivity contribution in [2.75, 3.05) is 0 Å². The first-order chi connectivity index (χ1) is 18.8. The van der Waals surface area contributed by atoms with Gasteiger partial charge in [-0.15, -0.1) is 0 Å². The van der Waals surface area contributed by atoms with E-state index in [9.17, 15) is 28.8 Å². The third-order valence-corrected chi connectivity index (χ3v) is 8.24. The lowest BCUT2D eigenvalue weighted by molar-refractivity contribution is -0.319. The number of hydrogen-bond donors (Lipinski definition) is 6. The topological polar surface area (TPSA) is 254 Å². The zero-order chi connectivity index (χ0) is 33.8. The largest absolute Gasteiger partial charge is 0.550 e. The summed E-state index contributed by atoms with van der Waals surface area (Å²) in [5, 5.41) is 13.0. The minimum absolute atomic E-state index is 0. The molecule has 42 heavy (non-hydrogen) atoms. The zero-order valence-electron chi connectivity index (χ0n) is 26.1. The highest BCUT2D eigenvalue weighted by molar-refractivity contribution is 7.50. The molecule has 1 aliphatic heterocycles. The molecule has 1 amide bonds. The third kappa shape index (κ3) is 15.2. The van der Waals surface area contributed by atoms with Crippen LogP contribution < -0.4 is 15.7 Å². The minimum atomic E-state index is -4.71. The number of esters is 2. The van der Waals surface area contributed by atoms with Crippen molar-refractivity contribution in [2.45, 2.75) is 120 Å². The molecule has 1 aliphatic rings. The number of amides is 1. The second-order valence-corrected chi connectivity index (χ2v) is 14.5. The summed E-state index contributed by atoms with van der Waals surface area (Å²) in [5.74, 6) is -2.78. The van der Waals surface area contributed by atoms with Crippen molar-refractivity contribution in [3.05, 3.63) is 0 Å². The molecule has 0 spiro atoms. The van der Waals surface area contributed by atoms with Gasteiger partial charge in [0, 0.05) is 18.2 Å². The summed E-state index contributed by atoms with van der Waals surface area (Å²) in [6.07, 6.45) is 6.22. The maximum atomic E-state index is 12.2. The van der Waals surface area contributed by atoms with Crippen molar-refractivity contribution in [3.8, 4) is 0 Å². The second kappa shape index (κ2) is 17.0. The Bertz CT molecular complexity index is 1030. The first kappa shape index (κ1) is 42.5. The van der Waals surface area contributed by atoms with Crippen LogP contribution in [-0.4, -0.2) is 43.4 Å². The lowest BCUT2D eigenvalue weighted by Crippen LogP contribution is -2.47. The van der Waals surface area contributed by atoms with Gasteiger partial charge < -0.3 is 34.2 Å². The highest BCUT2D eigenvalue weighted by Gasteiger charge is 2.51. The Morgan fingerprint density at radius 3 is 1.79 bits per heavy atom. The van der Waals surface area contributed by atoms with E-state index < -0.39 is 49.0 Å². The molecule has 7 N–H and O–H groups in total. The van der Waals surface area contributed by atoms with Crippen LogP contribution in [0.1, 0.15) is 121 Å². The van der Waals surface area contributed by atoms with Crippen LogP contribution in [0.5, 0.6) is 0 Å². The zero-order valence-corrected chi connectivity index (χ0v) is 27.9. The van der Waals surface area contributed by atoms with E-state index in [1.54, 1.807) is 12.0 Å². The number of carboxylic acid groups (broad SMARTS) is 1. The molecule has 0 aromatic carbocycles. The molecule has 0 aromatic rings. The molecule has 1 heterocycles. The molecule has 250 valence electrons. The predicted octanol–water partition coefficient (Wildman–Crippen LogP) is 3.30. The number of hydrogen-bond acceptors (Lipinski definition) is 8. The van der Waals surface area contributed by atoms with Crippen LogP contribution in [0.25, 0.3) is 0 Å². The average molecular weight is 649 g/mol. The van der Waals surface area contributed by atoms with Crippen LogP contribution in [0.2, 0.25) is 0 Å². The van der Waals surface area contributed by atoms with Crippen molar-refractivity contribution in [1.29, 1.82) is 0 Å². The summed E-state index contributed by atoms with van der Waals surface area (Å²) in [6, 6.07) is 0. The Morgan fingerprint density at radius 1 is 0.976 bits per heavy atom. The predicted molar refractivity (Wildman–Crippen MR) is 156 cm³/mol. The van der Waals surface area contributed by atoms with Crippen LogP contribution in [-0.2, 0) is 33.0 Å². The average Bonchev–Trinajstić information content (AvgIpc) is 2.83. The number of aliphatic carboxylic acids is 1. The van der Waals surface area contributed by atoms with Gasteiger partial charge in [0.2, 0.25) is 5.91 Å². The van der Waals surface area contributed by atoms with Gasteiger partial charge in [-0.05, 0) is 52.4 Å². The number of unbranched alkanes of at least 4 members (excludes halogenated alkanes) is 2. The standard InChI is InChI=1S/C13H26NO6P.C13H22O3.H4NO3P.H2/c1-5-7-8-13(4,10(15)14-21(18,19)20)9-12(3,6-2)11(16)17;1-5-7-8-13(4)9-12(3,6-2)10(14)16-11(13)15;1-5(2,3)4;/h5-9H2,1-4H3,(H,16,17)(H3,14,15,18,19,20);5-9H2,1-4H3;(H4,1,2,3,4);1H/p-1/i;;;1+1. The van der Waals surface area contributed by atoms with Crippen molar-refractivity contribution in [1.82, 2.24) is 5.09 Å². The van der Waals surface area contributed by atoms with Gasteiger partial charge >= 0.3 is 27.4 Å². The Hall–Kier alpha value is -1.66. The first-order valence-electron chi connectivity index (χ1n) is 14.0. The summed E-state index contributed by atoms with van der Waals surface area (Å²) in [6.45, 7) is 14.5. The number of carbonyl (C=O) groups is 4.